The van der Waals surface area contributed by atoms with E-state index < -0.39 is 5.54 Å². The summed E-state index contributed by atoms with van der Waals surface area (Å²) in [6, 6.07) is 0. The van der Waals surface area contributed by atoms with Gasteiger partial charge in [-0.1, -0.05) is 45.7 Å². The van der Waals surface area contributed by atoms with Crippen molar-refractivity contribution in [1.82, 2.24) is 10.1 Å². The van der Waals surface area contributed by atoms with E-state index in [0.717, 1.165) is 12.8 Å². The molecule has 1 fully saturated rings. The van der Waals surface area contributed by atoms with E-state index >= 15 is 0 Å². The fourth-order valence-corrected chi connectivity index (χ4v) is 2.68. The van der Waals surface area contributed by atoms with Gasteiger partial charge in [0.15, 0.2) is 5.82 Å². The molecule has 1 aromatic rings. The van der Waals surface area contributed by atoms with E-state index in [9.17, 15) is 0 Å². The second-order valence-electron chi connectivity index (χ2n) is 5.81. The Morgan fingerprint density at radius 3 is 2.71 bits per heavy atom. The van der Waals surface area contributed by atoms with Crippen LogP contribution in [-0.2, 0) is 5.54 Å². The van der Waals surface area contributed by atoms with Gasteiger partial charge < -0.3 is 10.3 Å². The summed E-state index contributed by atoms with van der Waals surface area (Å²) < 4.78 is 5.29. The van der Waals surface area contributed by atoms with Crippen molar-refractivity contribution in [2.45, 2.75) is 58.4 Å². The van der Waals surface area contributed by atoms with Crippen LogP contribution < -0.4 is 5.73 Å². The summed E-state index contributed by atoms with van der Waals surface area (Å²) in [5, 5.41) is 4.11. The molecule has 2 rings (SSSR count). The molecule has 3 atom stereocenters. The van der Waals surface area contributed by atoms with Crippen LogP contribution in [0.5, 0.6) is 0 Å². The highest BCUT2D eigenvalue weighted by Crippen LogP contribution is 2.41. The van der Waals surface area contributed by atoms with E-state index in [2.05, 4.69) is 24.0 Å². The van der Waals surface area contributed by atoms with Crippen molar-refractivity contribution in [1.29, 1.82) is 0 Å². The molecular formula is C13H23N3O. The fourth-order valence-electron chi connectivity index (χ4n) is 2.68. The van der Waals surface area contributed by atoms with Crippen LogP contribution in [0.25, 0.3) is 0 Å². The third kappa shape index (κ3) is 2.10. The van der Waals surface area contributed by atoms with Gasteiger partial charge in [-0.15, -0.1) is 0 Å². The molecule has 1 aliphatic carbocycles. The molecule has 96 valence electrons. The van der Waals surface area contributed by atoms with Gasteiger partial charge in [-0.05, 0) is 18.3 Å². The molecule has 3 unspecified atom stereocenters. The van der Waals surface area contributed by atoms with Gasteiger partial charge in [-0.2, -0.15) is 4.98 Å². The monoisotopic (exact) mass is 237 g/mol. The Bertz CT molecular complexity index is 388. The molecule has 1 saturated carbocycles. The van der Waals surface area contributed by atoms with Gasteiger partial charge in [0.25, 0.3) is 0 Å². The maximum absolute atomic E-state index is 6.54. The number of aromatic nitrogens is 2. The molecule has 1 aromatic heterocycles. The number of hydrogen-bond donors (Lipinski definition) is 1. The summed E-state index contributed by atoms with van der Waals surface area (Å²) in [6.45, 7) is 8.56. The van der Waals surface area contributed by atoms with Crippen LogP contribution in [-0.4, -0.2) is 10.1 Å². The Hall–Kier alpha value is -0.900. The average molecular weight is 237 g/mol. The molecule has 0 amide bonds. The standard InChI is InChI=1S/C13H23N3O/c1-8(2)11-15-12(16-17-11)13(14)7-5-6-9(3)10(13)4/h8-10H,5-7,14H2,1-4H3. The van der Waals surface area contributed by atoms with Crippen molar-refractivity contribution in [3.05, 3.63) is 11.7 Å². The Morgan fingerprint density at radius 2 is 2.12 bits per heavy atom. The first-order valence-corrected chi connectivity index (χ1v) is 6.58. The molecule has 17 heavy (non-hydrogen) atoms. The topological polar surface area (TPSA) is 64.9 Å². The van der Waals surface area contributed by atoms with Crippen molar-refractivity contribution in [2.75, 3.05) is 0 Å². The molecule has 1 aliphatic rings. The van der Waals surface area contributed by atoms with Gasteiger partial charge in [0.1, 0.15) is 0 Å². The first-order chi connectivity index (χ1) is 7.95. The van der Waals surface area contributed by atoms with Crippen LogP contribution in [0.1, 0.15) is 64.6 Å². The van der Waals surface area contributed by atoms with Crippen molar-refractivity contribution >= 4 is 0 Å². The molecule has 1 heterocycles. The van der Waals surface area contributed by atoms with Crippen molar-refractivity contribution in [3.63, 3.8) is 0 Å². The molecule has 2 N–H and O–H groups in total. The fraction of sp³-hybridized carbons (Fsp3) is 0.846. The van der Waals surface area contributed by atoms with Crippen LogP contribution in [0.3, 0.4) is 0 Å². The maximum atomic E-state index is 6.54. The largest absolute Gasteiger partial charge is 0.339 e. The minimum Gasteiger partial charge on any atom is -0.339 e. The molecule has 0 aromatic carbocycles. The summed E-state index contributed by atoms with van der Waals surface area (Å²) in [5.74, 6) is 2.66. The predicted octanol–water partition coefficient (Wildman–Crippen LogP) is 2.80. The molecule has 0 saturated heterocycles. The zero-order chi connectivity index (χ0) is 12.6. The highest BCUT2D eigenvalue weighted by molar-refractivity contribution is 5.09. The first-order valence-electron chi connectivity index (χ1n) is 6.58. The second-order valence-corrected chi connectivity index (χ2v) is 5.81. The van der Waals surface area contributed by atoms with Gasteiger partial charge in [0.05, 0.1) is 5.54 Å². The van der Waals surface area contributed by atoms with Crippen molar-refractivity contribution in [2.24, 2.45) is 17.6 Å². The van der Waals surface area contributed by atoms with E-state index in [-0.39, 0.29) is 5.92 Å². The van der Waals surface area contributed by atoms with Gasteiger partial charge >= 0.3 is 0 Å². The molecular weight excluding hydrogens is 214 g/mol. The number of hydrogen-bond acceptors (Lipinski definition) is 4. The molecule has 0 aliphatic heterocycles. The lowest BCUT2D eigenvalue weighted by Gasteiger charge is -2.40. The third-order valence-electron chi connectivity index (χ3n) is 4.27. The van der Waals surface area contributed by atoms with Gasteiger partial charge in [0, 0.05) is 5.92 Å². The van der Waals surface area contributed by atoms with Crippen molar-refractivity contribution in [3.8, 4) is 0 Å². The molecule has 4 heteroatoms. The third-order valence-corrected chi connectivity index (χ3v) is 4.27. The molecule has 4 nitrogen and oxygen atoms in total. The highest BCUT2D eigenvalue weighted by Gasteiger charge is 2.43. The van der Waals surface area contributed by atoms with Crippen molar-refractivity contribution < 1.29 is 4.52 Å². The number of rotatable bonds is 2. The van der Waals surface area contributed by atoms with Crippen LogP contribution in [0.2, 0.25) is 0 Å². The summed E-state index contributed by atoms with van der Waals surface area (Å²) in [6.07, 6.45) is 3.35. The Morgan fingerprint density at radius 1 is 1.41 bits per heavy atom. The maximum Gasteiger partial charge on any atom is 0.229 e. The summed E-state index contributed by atoms with van der Waals surface area (Å²) in [4.78, 5) is 4.49. The number of nitrogens with two attached hydrogens (primary N) is 1. The normalized spacial score (nSPS) is 34.2. The lowest BCUT2D eigenvalue weighted by atomic mass is 9.68. The lowest BCUT2D eigenvalue weighted by molar-refractivity contribution is 0.132. The first kappa shape index (κ1) is 12.6. The minimum absolute atomic E-state index is 0.260. The highest BCUT2D eigenvalue weighted by atomic mass is 16.5. The van der Waals surface area contributed by atoms with Gasteiger partial charge in [-0.3, -0.25) is 0 Å². The van der Waals surface area contributed by atoms with E-state index in [1.54, 1.807) is 0 Å². The predicted molar refractivity (Wildman–Crippen MR) is 66.4 cm³/mol. The summed E-state index contributed by atoms with van der Waals surface area (Å²) >= 11 is 0. The number of nitrogens with zero attached hydrogens (tertiary/aromatic N) is 2. The Labute approximate surface area is 103 Å². The lowest BCUT2D eigenvalue weighted by Crippen LogP contribution is -2.48. The smallest absolute Gasteiger partial charge is 0.229 e. The molecule has 0 spiro atoms. The minimum atomic E-state index is -0.408. The van der Waals surface area contributed by atoms with Crippen LogP contribution in [0.15, 0.2) is 4.52 Å². The summed E-state index contributed by atoms with van der Waals surface area (Å²) in [5.41, 5.74) is 6.13. The second kappa shape index (κ2) is 4.41. The van der Waals surface area contributed by atoms with Crippen LogP contribution in [0.4, 0.5) is 0 Å². The van der Waals surface area contributed by atoms with E-state index in [0.29, 0.717) is 23.6 Å². The van der Waals surface area contributed by atoms with Crippen LogP contribution in [0, 0.1) is 11.8 Å². The molecule has 0 bridgehead atoms. The van der Waals surface area contributed by atoms with E-state index in [4.69, 9.17) is 10.3 Å². The Kier molecular flexibility index (Phi) is 3.25. The van der Waals surface area contributed by atoms with Gasteiger partial charge in [-0.25, -0.2) is 0 Å². The Balaban J connectivity index is 2.29. The van der Waals surface area contributed by atoms with E-state index in [1.807, 2.05) is 13.8 Å². The zero-order valence-electron chi connectivity index (χ0n) is 11.2. The molecule has 0 radical (unpaired) electrons. The van der Waals surface area contributed by atoms with E-state index in [1.165, 1.54) is 6.42 Å². The SMILES string of the molecule is CC(C)c1nc(C2(N)CCCC(C)C2C)no1. The van der Waals surface area contributed by atoms with Gasteiger partial charge in [0.2, 0.25) is 5.89 Å². The summed E-state index contributed by atoms with van der Waals surface area (Å²) in [7, 11) is 0. The van der Waals surface area contributed by atoms with Crippen LogP contribution >= 0.6 is 0 Å². The quantitative estimate of drug-likeness (QED) is 0.859. The average Bonchev–Trinajstić information content (AvgIpc) is 2.75. The zero-order valence-corrected chi connectivity index (χ0v) is 11.2.